The van der Waals surface area contributed by atoms with Crippen molar-refractivity contribution in [1.82, 2.24) is 9.19 Å². The van der Waals surface area contributed by atoms with Gasteiger partial charge in [-0.3, -0.25) is 4.79 Å². The summed E-state index contributed by atoms with van der Waals surface area (Å²) in [6.07, 6.45) is -5.13. The zero-order chi connectivity index (χ0) is 20.0. The topological polar surface area (TPSA) is 81.1 Å². The number of nitrogens with one attached hydrogen (secondary N) is 1. The number of hydrogen-bond donors (Lipinski definition) is 1. The van der Waals surface area contributed by atoms with Crippen molar-refractivity contribution in [3.63, 3.8) is 0 Å². The van der Waals surface area contributed by atoms with Crippen LogP contribution >= 0.6 is 22.6 Å². The molecule has 0 unspecified atom stereocenters. The number of nitrogens with zero attached hydrogens (tertiary/aromatic N) is 2. The number of amides is 1. The van der Waals surface area contributed by atoms with E-state index in [-0.39, 0.29) is 25.1 Å². The Balaban J connectivity index is 2.15. The lowest BCUT2D eigenvalue weighted by atomic mass is 10.2. The monoisotopic (exact) mass is 513 g/mol. The molecule has 1 amide bonds. The van der Waals surface area contributed by atoms with Gasteiger partial charge in [-0.2, -0.15) is 30.1 Å². The summed E-state index contributed by atoms with van der Waals surface area (Å²) < 4.78 is 77.3. The van der Waals surface area contributed by atoms with Gasteiger partial charge in [0.25, 0.3) is 10.0 Å². The Hall–Kier alpha value is -2.22. The number of fused-ring (bicyclic) bond motifs is 1. The van der Waals surface area contributed by atoms with E-state index in [2.05, 4.69) is 5.10 Å². The van der Waals surface area contributed by atoms with Crippen molar-refractivity contribution < 1.29 is 30.8 Å². The fraction of sp³-hybridized carbons (Fsp3) is 0.0667. The van der Waals surface area contributed by atoms with E-state index in [9.17, 15) is 30.8 Å². The minimum atomic E-state index is -5.13. The molecule has 0 aliphatic rings. The van der Waals surface area contributed by atoms with Crippen LogP contribution in [0.2, 0.25) is 0 Å². The predicted octanol–water partition coefficient (Wildman–Crippen LogP) is 3.52. The summed E-state index contributed by atoms with van der Waals surface area (Å²) >= 11 is 1.51. The Kier molecular flexibility index (Phi) is 4.88. The number of halogens is 5. The Morgan fingerprint density at radius 1 is 1.11 bits per heavy atom. The molecule has 0 saturated carbocycles. The smallest absolute Gasteiger partial charge is 0.317 e. The molecule has 3 aromatic rings. The number of carbonyl (C=O) groups excluding carboxylic acids is 1. The first-order valence-electron chi connectivity index (χ1n) is 7.09. The van der Waals surface area contributed by atoms with Crippen LogP contribution < -0.4 is 5.32 Å². The molecular weight excluding hydrogens is 505 g/mol. The Morgan fingerprint density at radius 2 is 1.74 bits per heavy atom. The van der Waals surface area contributed by atoms with Gasteiger partial charge in [-0.05, 0) is 46.9 Å². The lowest BCUT2D eigenvalue weighted by Gasteiger charge is -2.10. The highest BCUT2D eigenvalue weighted by Gasteiger charge is 2.39. The first kappa shape index (κ1) is 19.5. The molecule has 12 heteroatoms. The van der Waals surface area contributed by atoms with E-state index >= 15 is 0 Å². The van der Waals surface area contributed by atoms with Crippen LogP contribution in [-0.2, 0) is 14.8 Å². The number of hydrogen-bond acceptors (Lipinski definition) is 4. The van der Waals surface area contributed by atoms with Gasteiger partial charge in [-0.15, -0.1) is 5.10 Å². The second-order valence-corrected chi connectivity index (χ2v) is 8.07. The SMILES string of the molecule is O=C(Nc1ccc2c(c(F)nn2S(=O)(=O)c2ccccc2)c1I)C(F)(F)F. The highest BCUT2D eigenvalue weighted by molar-refractivity contribution is 14.1. The molecule has 1 N–H and O–H groups in total. The van der Waals surface area contributed by atoms with Crippen LogP contribution in [0.15, 0.2) is 47.4 Å². The molecule has 0 spiro atoms. The fourth-order valence-electron chi connectivity index (χ4n) is 2.27. The van der Waals surface area contributed by atoms with Crippen LogP contribution in [0.4, 0.5) is 23.2 Å². The van der Waals surface area contributed by atoms with E-state index in [1.54, 1.807) is 11.4 Å². The maximum atomic E-state index is 14.3. The number of rotatable bonds is 3. The zero-order valence-electron chi connectivity index (χ0n) is 13.0. The molecule has 0 saturated heterocycles. The molecule has 3 rings (SSSR count). The maximum absolute atomic E-state index is 14.3. The van der Waals surface area contributed by atoms with Crippen molar-refractivity contribution in [2.45, 2.75) is 11.1 Å². The minimum absolute atomic E-state index is 0.116. The van der Waals surface area contributed by atoms with Crippen molar-refractivity contribution in [2.75, 3.05) is 5.32 Å². The van der Waals surface area contributed by atoms with Gasteiger partial charge < -0.3 is 5.32 Å². The number of alkyl halides is 3. The van der Waals surface area contributed by atoms with E-state index in [0.717, 1.165) is 12.1 Å². The Morgan fingerprint density at radius 3 is 2.33 bits per heavy atom. The summed E-state index contributed by atoms with van der Waals surface area (Å²) in [6.45, 7) is 0. The molecule has 0 bridgehead atoms. The Labute approximate surface area is 163 Å². The van der Waals surface area contributed by atoms with Crippen LogP contribution in [0.1, 0.15) is 0 Å². The molecule has 1 aromatic heterocycles. The first-order valence-corrected chi connectivity index (χ1v) is 9.61. The molecule has 6 nitrogen and oxygen atoms in total. The van der Waals surface area contributed by atoms with Crippen LogP contribution in [0, 0.1) is 9.52 Å². The van der Waals surface area contributed by atoms with Gasteiger partial charge in [0.1, 0.15) is 0 Å². The number of aromatic nitrogens is 2. The van der Waals surface area contributed by atoms with E-state index in [0.29, 0.717) is 4.09 Å². The second-order valence-electron chi connectivity index (χ2n) is 5.22. The van der Waals surface area contributed by atoms with Crippen LogP contribution in [-0.4, -0.2) is 29.7 Å². The first-order chi connectivity index (χ1) is 12.5. The summed E-state index contributed by atoms with van der Waals surface area (Å²) in [5, 5.41) is 4.69. The molecule has 0 radical (unpaired) electrons. The maximum Gasteiger partial charge on any atom is 0.471 e. The average Bonchev–Trinajstić information content (AvgIpc) is 2.95. The summed E-state index contributed by atoms with van der Waals surface area (Å²) in [5.41, 5.74) is -0.494. The lowest BCUT2D eigenvalue weighted by Crippen LogP contribution is -2.30. The van der Waals surface area contributed by atoms with E-state index < -0.39 is 28.1 Å². The quantitative estimate of drug-likeness (QED) is 0.430. The molecule has 1 heterocycles. The van der Waals surface area contributed by atoms with Gasteiger partial charge in [0.15, 0.2) is 0 Å². The number of carbonyl (C=O) groups is 1. The fourth-order valence-corrected chi connectivity index (χ4v) is 4.37. The predicted molar refractivity (Wildman–Crippen MR) is 96.1 cm³/mol. The van der Waals surface area contributed by atoms with Crippen molar-refractivity contribution >= 4 is 55.1 Å². The van der Waals surface area contributed by atoms with Crippen molar-refractivity contribution in [1.29, 1.82) is 0 Å². The molecule has 142 valence electrons. The van der Waals surface area contributed by atoms with Gasteiger partial charge in [-0.1, -0.05) is 18.2 Å². The standard InChI is InChI=1S/C15H8F4IN3O3S/c16-13-11-10(7-6-9(12(11)20)21-14(24)15(17,18)19)23(22-13)27(25,26)8-4-2-1-3-5-8/h1-7H,(H,21,24). The lowest BCUT2D eigenvalue weighted by molar-refractivity contribution is -0.167. The molecule has 2 aromatic carbocycles. The van der Waals surface area contributed by atoms with Gasteiger partial charge in [0.05, 0.1) is 25.1 Å². The molecule has 27 heavy (non-hydrogen) atoms. The summed E-state index contributed by atoms with van der Waals surface area (Å²) in [5.74, 6) is -3.43. The Bertz CT molecular complexity index is 1140. The summed E-state index contributed by atoms with van der Waals surface area (Å²) in [6, 6.07) is 9.26. The van der Waals surface area contributed by atoms with Gasteiger partial charge in [0, 0.05) is 0 Å². The van der Waals surface area contributed by atoms with E-state index in [4.69, 9.17) is 0 Å². The third kappa shape index (κ3) is 3.50. The van der Waals surface area contributed by atoms with Crippen LogP contribution in [0.25, 0.3) is 10.9 Å². The number of anilines is 1. The zero-order valence-corrected chi connectivity index (χ0v) is 15.9. The van der Waals surface area contributed by atoms with E-state index in [1.807, 2.05) is 0 Å². The highest BCUT2D eigenvalue weighted by Crippen LogP contribution is 2.32. The third-order valence-electron chi connectivity index (χ3n) is 3.49. The molecule has 0 fully saturated rings. The third-order valence-corrected chi connectivity index (χ3v) is 6.21. The van der Waals surface area contributed by atoms with Crippen molar-refractivity contribution in [2.24, 2.45) is 0 Å². The van der Waals surface area contributed by atoms with Gasteiger partial charge in [0.2, 0.25) is 5.95 Å². The van der Waals surface area contributed by atoms with E-state index in [1.165, 1.54) is 46.9 Å². The molecule has 0 aliphatic heterocycles. The minimum Gasteiger partial charge on any atom is -0.317 e. The van der Waals surface area contributed by atoms with Gasteiger partial charge in [-0.25, -0.2) is 0 Å². The van der Waals surface area contributed by atoms with Crippen LogP contribution in [0.3, 0.4) is 0 Å². The average molecular weight is 513 g/mol. The second kappa shape index (κ2) is 6.74. The summed E-state index contributed by atoms with van der Waals surface area (Å²) in [7, 11) is -4.23. The molecular formula is C15H8F4IN3O3S. The normalized spacial score (nSPS) is 12.3. The largest absolute Gasteiger partial charge is 0.471 e. The molecule has 0 aliphatic carbocycles. The van der Waals surface area contributed by atoms with Crippen LogP contribution in [0.5, 0.6) is 0 Å². The molecule has 0 atom stereocenters. The van der Waals surface area contributed by atoms with Gasteiger partial charge >= 0.3 is 12.1 Å². The summed E-state index contributed by atoms with van der Waals surface area (Å²) in [4.78, 5) is 11.0. The number of benzene rings is 2. The van der Waals surface area contributed by atoms with Crippen molar-refractivity contribution in [3.8, 4) is 0 Å². The highest BCUT2D eigenvalue weighted by atomic mass is 127. The van der Waals surface area contributed by atoms with Crippen molar-refractivity contribution in [3.05, 3.63) is 52.0 Å².